The lowest BCUT2D eigenvalue weighted by atomic mass is 10.3. The molecular formula is C14H18N8O2S. The molecule has 4 N–H and O–H groups in total. The van der Waals surface area contributed by atoms with Crippen LogP contribution in [0.3, 0.4) is 0 Å². The molecule has 25 heavy (non-hydrogen) atoms. The molecule has 0 saturated carbocycles. The van der Waals surface area contributed by atoms with Crippen LogP contribution in [0.2, 0.25) is 0 Å². The van der Waals surface area contributed by atoms with E-state index in [4.69, 9.17) is 5.14 Å². The Balaban J connectivity index is 1.85. The highest BCUT2D eigenvalue weighted by atomic mass is 32.2. The summed E-state index contributed by atoms with van der Waals surface area (Å²) in [5.41, 5.74) is 1.35. The van der Waals surface area contributed by atoms with Crippen LogP contribution in [-0.4, -0.2) is 39.7 Å². The predicted molar refractivity (Wildman–Crippen MR) is 93.4 cm³/mol. The molecule has 3 aromatic heterocycles. The molecule has 3 heterocycles. The molecule has 0 amide bonds. The van der Waals surface area contributed by atoms with Crippen LogP contribution in [0.25, 0.3) is 11.0 Å². The minimum absolute atomic E-state index is 0.0256. The first-order valence-corrected chi connectivity index (χ1v) is 9.08. The van der Waals surface area contributed by atoms with Crippen molar-refractivity contribution >= 4 is 32.8 Å². The summed E-state index contributed by atoms with van der Waals surface area (Å²) in [6.07, 6.45) is 2.92. The van der Waals surface area contributed by atoms with Crippen LogP contribution in [0.1, 0.15) is 12.6 Å². The van der Waals surface area contributed by atoms with E-state index in [1.54, 1.807) is 16.9 Å². The van der Waals surface area contributed by atoms with Gasteiger partial charge in [0, 0.05) is 19.8 Å². The Hall–Kier alpha value is -2.79. The van der Waals surface area contributed by atoms with E-state index in [1.165, 1.54) is 12.3 Å². The average molecular weight is 362 g/mol. The van der Waals surface area contributed by atoms with Crippen LogP contribution in [0, 0.1) is 0 Å². The maximum atomic E-state index is 11.3. The second-order valence-electron chi connectivity index (χ2n) is 5.32. The Morgan fingerprint density at radius 1 is 1.20 bits per heavy atom. The predicted octanol–water partition coefficient (Wildman–Crippen LogP) is 0.450. The van der Waals surface area contributed by atoms with Crippen LogP contribution in [0.5, 0.6) is 0 Å². The van der Waals surface area contributed by atoms with Crippen LogP contribution in [0.4, 0.5) is 11.8 Å². The highest BCUT2D eigenvalue weighted by Gasteiger charge is 2.12. The molecule has 0 radical (unpaired) electrons. The van der Waals surface area contributed by atoms with Gasteiger partial charge in [0.05, 0.1) is 23.8 Å². The van der Waals surface area contributed by atoms with Gasteiger partial charge in [0.25, 0.3) is 0 Å². The normalized spacial score (nSPS) is 11.6. The van der Waals surface area contributed by atoms with Gasteiger partial charge in [-0.05, 0) is 19.1 Å². The highest BCUT2D eigenvalue weighted by molar-refractivity contribution is 7.89. The van der Waals surface area contributed by atoms with Gasteiger partial charge >= 0.3 is 0 Å². The number of pyridine rings is 1. The minimum Gasteiger partial charge on any atom is -0.364 e. The molecule has 0 spiro atoms. The van der Waals surface area contributed by atoms with Crippen molar-refractivity contribution in [3.05, 3.63) is 30.2 Å². The molecule has 0 aliphatic rings. The lowest BCUT2D eigenvalue weighted by molar-refractivity contribution is 0.597. The summed E-state index contributed by atoms with van der Waals surface area (Å²) in [5, 5.41) is 16.3. The van der Waals surface area contributed by atoms with Crippen LogP contribution in [-0.2, 0) is 23.6 Å². The first kappa shape index (κ1) is 17.0. The molecule has 0 saturated heterocycles. The minimum atomic E-state index is -3.75. The summed E-state index contributed by atoms with van der Waals surface area (Å²) in [6, 6.07) is 3.02. The zero-order valence-electron chi connectivity index (χ0n) is 13.8. The molecule has 132 valence electrons. The van der Waals surface area contributed by atoms with Gasteiger partial charge in [-0.3, -0.25) is 9.67 Å². The number of hydrogen-bond donors (Lipinski definition) is 3. The molecule has 10 nitrogen and oxygen atoms in total. The topological polar surface area (TPSA) is 141 Å². The summed E-state index contributed by atoms with van der Waals surface area (Å²) in [7, 11) is -1.94. The van der Waals surface area contributed by atoms with Crippen LogP contribution >= 0.6 is 0 Å². The fourth-order valence-corrected chi connectivity index (χ4v) is 2.71. The Bertz CT molecular complexity index is 998. The molecule has 0 fully saturated rings. The Labute approximate surface area is 144 Å². The van der Waals surface area contributed by atoms with Crippen molar-refractivity contribution in [2.75, 3.05) is 17.2 Å². The zero-order valence-corrected chi connectivity index (χ0v) is 14.6. The van der Waals surface area contributed by atoms with Gasteiger partial charge in [0.15, 0.2) is 5.65 Å². The Morgan fingerprint density at radius 2 is 2.00 bits per heavy atom. The van der Waals surface area contributed by atoms with Gasteiger partial charge in [-0.25, -0.2) is 13.6 Å². The van der Waals surface area contributed by atoms with Crippen molar-refractivity contribution in [1.82, 2.24) is 24.7 Å². The Morgan fingerprint density at radius 3 is 2.64 bits per heavy atom. The summed E-state index contributed by atoms with van der Waals surface area (Å²) >= 11 is 0. The van der Waals surface area contributed by atoms with Gasteiger partial charge in [-0.15, -0.1) is 0 Å². The van der Waals surface area contributed by atoms with E-state index in [-0.39, 0.29) is 4.90 Å². The SMILES string of the molecule is CCNc1nc(NCc2ccc(S(N)(=O)=O)cn2)c2cnn(C)c2n1. The molecule has 0 unspecified atom stereocenters. The number of nitrogens with two attached hydrogens (primary N) is 1. The number of nitrogens with zero attached hydrogens (tertiary/aromatic N) is 5. The fourth-order valence-electron chi connectivity index (χ4n) is 2.25. The van der Waals surface area contributed by atoms with Crippen molar-refractivity contribution in [3.8, 4) is 0 Å². The van der Waals surface area contributed by atoms with Gasteiger partial charge in [0.1, 0.15) is 10.7 Å². The molecule has 0 aliphatic carbocycles. The van der Waals surface area contributed by atoms with Crippen molar-refractivity contribution in [2.45, 2.75) is 18.4 Å². The monoisotopic (exact) mass is 362 g/mol. The quantitative estimate of drug-likeness (QED) is 0.574. The van der Waals surface area contributed by atoms with Crippen molar-refractivity contribution in [1.29, 1.82) is 0 Å². The smallest absolute Gasteiger partial charge is 0.239 e. The van der Waals surface area contributed by atoms with Gasteiger partial charge in [-0.1, -0.05) is 0 Å². The van der Waals surface area contributed by atoms with Crippen LogP contribution in [0.15, 0.2) is 29.4 Å². The summed E-state index contributed by atoms with van der Waals surface area (Å²) in [6.45, 7) is 3.01. The molecular weight excluding hydrogens is 344 g/mol. The number of fused-ring (bicyclic) bond motifs is 1. The number of anilines is 2. The van der Waals surface area contributed by atoms with E-state index in [2.05, 4.69) is 30.7 Å². The molecule has 0 aromatic carbocycles. The third-order valence-electron chi connectivity index (χ3n) is 3.49. The summed E-state index contributed by atoms with van der Waals surface area (Å²) in [4.78, 5) is 12.9. The number of rotatable bonds is 6. The number of sulfonamides is 1. The zero-order chi connectivity index (χ0) is 18.0. The molecule has 0 aliphatic heterocycles. The number of aryl methyl sites for hydroxylation is 1. The maximum Gasteiger partial charge on any atom is 0.239 e. The fraction of sp³-hybridized carbons (Fsp3) is 0.286. The number of nitrogens with one attached hydrogen (secondary N) is 2. The molecule has 11 heteroatoms. The summed E-state index contributed by atoms with van der Waals surface area (Å²) in [5.74, 6) is 1.12. The van der Waals surface area contributed by atoms with E-state index in [9.17, 15) is 8.42 Å². The highest BCUT2D eigenvalue weighted by Crippen LogP contribution is 2.21. The summed E-state index contributed by atoms with van der Waals surface area (Å²) < 4.78 is 24.2. The van der Waals surface area contributed by atoms with Crippen molar-refractivity contribution < 1.29 is 8.42 Å². The Kier molecular flexibility index (Phi) is 4.51. The molecule has 0 bridgehead atoms. The van der Waals surface area contributed by atoms with Crippen LogP contribution < -0.4 is 15.8 Å². The molecule has 0 atom stereocenters. The second-order valence-corrected chi connectivity index (χ2v) is 6.88. The van der Waals surface area contributed by atoms with E-state index in [1.807, 2.05) is 14.0 Å². The van der Waals surface area contributed by atoms with Crippen molar-refractivity contribution in [2.24, 2.45) is 12.2 Å². The lowest BCUT2D eigenvalue weighted by Crippen LogP contribution is -2.13. The average Bonchev–Trinajstić information content (AvgIpc) is 2.94. The van der Waals surface area contributed by atoms with E-state index >= 15 is 0 Å². The number of primary sulfonamides is 1. The molecule has 3 aromatic rings. The van der Waals surface area contributed by atoms with Gasteiger partial charge in [0.2, 0.25) is 16.0 Å². The standard InChI is InChI=1S/C14H18N8O2S/c1-3-16-14-20-12(11-8-19-22(2)13(11)21-14)18-6-9-4-5-10(7-17-9)25(15,23)24/h4-5,7-8H,3,6H2,1-2H3,(H2,15,23,24)(H2,16,18,20,21). The molecule has 3 rings (SSSR count). The lowest BCUT2D eigenvalue weighted by Gasteiger charge is -2.09. The largest absolute Gasteiger partial charge is 0.364 e. The first-order chi connectivity index (χ1) is 11.9. The third kappa shape index (κ3) is 3.67. The third-order valence-corrected chi connectivity index (χ3v) is 4.39. The number of hydrogen-bond acceptors (Lipinski definition) is 8. The van der Waals surface area contributed by atoms with E-state index in [0.29, 0.717) is 36.2 Å². The van der Waals surface area contributed by atoms with Gasteiger partial charge in [-0.2, -0.15) is 15.1 Å². The van der Waals surface area contributed by atoms with Gasteiger partial charge < -0.3 is 10.6 Å². The van der Waals surface area contributed by atoms with E-state index < -0.39 is 10.0 Å². The number of aromatic nitrogens is 5. The van der Waals surface area contributed by atoms with Crippen molar-refractivity contribution in [3.63, 3.8) is 0 Å². The first-order valence-electron chi connectivity index (χ1n) is 7.53. The van der Waals surface area contributed by atoms with E-state index in [0.717, 1.165) is 5.39 Å². The second kappa shape index (κ2) is 6.61. The maximum absolute atomic E-state index is 11.3.